The molecular formula is C26H41N3O4S. The molecule has 1 aliphatic rings. The molecule has 190 valence electrons. The molecule has 1 aromatic carbocycles. The van der Waals surface area contributed by atoms with E-state index in [9.17, 15) is 14.4 Å². The third-order valence-corrected chi connectivity index (χ3v) is 6.38. The number of hydrogen-bond acceptors (Lipinski definition) is 5. The van der Waals surface area contributed by atoms with Gasteiger partial charge in [0.05, 0.1) is 0 Å². The molecule has 2 N–H and O–H groups in total. The number of carbonyl (C=O) groups excluding carboxylic acids is 3. The Balaban J connectivity index is 2.31. The first-order chi connectivity index (χ1) is 16.1. The van der Waals surface area contributed by atoms with Gasteiger partial charge in [-0.2, -0.15) is 12.6 Å². The number of likely N-dealkylation sites (N-methyl/N-ethyl adjacent to an activating group) is 1. The molecule has 1 saturated carbocycles. The van der Waals surface area contributed by atoms with E-state index >= 15 is 0 Å². The van der Waals surface area contributed by atoms with Crippen LogP contribution < -0.4 is 10.6 Å². The van der Waals surface area contributed by atoms with Crippen LogP contribution in [0.3, 0.4) is 0 Å². The molecule has 0 bridgehead atoms. The molecule has 8 heteroatoms. The molecule has 0 heterocycles. The second kappa shape index (κ2) is 13.0. The fourth-order valence-electron chi connectivity index (χ4n) is 4.24. The van der Waals surface area contributed by atoms with Gasteiger partial charge in [-0.25, -0.2) is 4.79 Å². The summed E-state index contributed by atoms with van der Waals surface area (Å²) in [5, 5.41) is 5.80. The number of hydrogen-bond donors (Lipinski definition) is 3. The van der Waals surface area contributed by atoms with Crippen molar-refractivity contribution in [1.82, 2.24) is 15.5 Å². The number of aryl methyl sites for hydroxylation is 1. The van der Waals surface area contributed by atoms with E-state index in [0.29, 0.717) is 6.54 Å². The molecule has 0 saturated heterocycles. The minimum absolute atomic E-state index is 0.0836. The number of benzene rings is 1. The first-order valence-electron chi connectivity index (χ1n) is 12.4. The summed E-state index contributed by atoms with van der Waals surface area (Å²) in [6.07, 6.45) is 5.48. The lowest BCUT2D eigenvalue weighted by Gasteiger charge is -2.34. The summed E-state index contributed by atoms with van der Waals surface area (Å²) in [5.74, 6) is -0.478. The van der Waals surface area contributed by atoms with Crippen molar-refractivity contribution in [3.63, 3.8) is 0 Å². The summed E-state index contributed by atoms with van der Waals surface area (Å²) in [5.41, 5.74) is 1.21. The van der Waals surface area contributed by atoms with Gasteiger partial charge >= 0.3 is 6.09 Å². The van der Waals surface area contributed by atoms with Gasteiger partial charge in [-0.05, 0) is 58.1 Å². The standard InChI is InChI=1S/C26H41N3O4S/c1-6-18-13-15-19(16-14-18)22(23(30)27-20-11-9-8-10-12-20)29(7-2)24(31)21(17-34)28-25(32)33-26(3,4)5/h13-16,20-22,34H,6-12,17H2,1-5H3,(H,27,30)(H,28,32). The Kier molecular flexibility index (Phi) is 10.7. The van der Waals surface area contributed by atoms with Crippen LogP contribution in [0.2, 0.25) is 0 Å². The molecule has 0 radical (unpaired) electrons. The van der Waals surface area contributed by atoms with Gasteiger partial charge in [-0.15, -0.1) is 0 Å². The summed E-state index contributed by atoms with van der Waals surface area (Å²) >= 11 is 4.30. The topological polar surface area (TPSA) is 87.7 Å². The average molecular weight is 492 g/mol. The summed E-state index contributed by atoms with van der Waals surface area (Å²) in [4.78, 5) is 41.0. The maximum atomic E-state index is 13.6. The van der Waals surface area contributed by atoms with Crippen LogP contribution in [0.5, 0.6) is 0 Å². The molecule has 2 atom stereocenters. The fraction of sp³-hybridized carbons (Fsp3) is 0.654. The lowest BCUT2D eigenvalue weighted by atomic mass is 9.94. The van der Waals surface area contributed by atoms with Crippen molar-refractivity contribution in [3.05, 3.63) is 35.4 Å². The van der Waals surface area contributed by atoms with E-state index in [4.69, 9.17) is 4.74 Å². The van der Waals surface area contributed by atoms with E-state index in [1.165, 1.54) is 11.3 Å². The maximum absolute atomic E-state index is 13.6. The van der Waals surface area contributed by atoms with Crippen LogP contribution in [-0.4, -0.2) is 52.8 Å². The molecule has 1 fully saturated rings. The molecular weight excluding hydrogens is 450 g/mol. The van der Waals surface area contributed by atoms with Crippen LogP contribution in [0, 0.1) is 0 Å². The van der Waals surface area contributed by atoms with Crippen molar-refractivity contribution < 1.29 is 19.1 Å². The number of nitrogens with one attached hydrogen (secondary N) is 2. The minimum Gasteiger partial charge on any atom is -0.444 e. The predicted octanol–water partition coefficient (Wildman–Crippen LogP) is 4.41. The molecule has 2 rings (SSSR count). The van der Waals surface area contributed by atoms with Crippen molar-refractivity contribution in [2.45, 2.75) is 96.9 Å². The first-order valence-corrected chi connectivity index (χ1v) is 13.0. The number of rotatable bonds is 9. The number of thiol groups is 1. The normalized spacial score (nSPS) is 16.3. The lowest BCUT2D eigenvalue weighted by Crippen LogP contribution is -2.54. The number of ether oxygens (including phenoxy) is 1. The van der Waals surface area contributed by atoms with E-state index in [0.717, 1.165) is 43.2 Å². The molecule has 3 amide bonds. The Morgan fingerprint density at radius 3 is 2.21 bits per heavy atom. The monoisotopic (exact) mass is 491 g/mol. The van der Waals surface area contributed by atoms with Crippen LogP contribution in [0.15, 0.2) is 24.3 Å². The summed E-state index contributed by atoms with van der Waals surface area (Å²) in [7, 11) is 0. The molecule has 0 spiro atoms. The van der Waals surface area contributed by atoms with E-state index in [1.807, 2.05) is 31.2 Å². The van der Waals surface area contributed by atoms with Gasteiger partial charge < -0.3 is 20.3 Å². The smallest absolute Gasteiger partial charge is 0.408 e. The van der Waals surface area contributed by atoms with E-state index in [-0.39, 0.29) is 23.6 Å². The third-order valence-electron chi connectivity index (χ3n) is 6.01. The summed E-state index contributed by atoms with van der Waals surface area (Å²) in [6, 6.07) is 6.21. The highest BCUT2D eigenvalue weighted by atomic mass is 32.1. The van der Waals surface area contributed by atoms with E-state index in [1.54, 1.807) is 20.8 Å². The molecule has 1 aromatic rings. The van der Waals surface area contributed by atoms with Gasteiger partial charge in [0.2, 0.25) is 11.8 Å². The zero-order valence-electron chi connectivity index (χ0n) is 21.2. The number of nitrogens with zero attached hydrogens (tertiary/aromatic N) is 1. The van der Waals surface area contributed by atoms with Gasteiger partial charge in [-0.1, -0.05) is 50.5 Å². The van der Waals surface area contributed by atoms with Gasteiger partial charge in [0.25, 0.3) is 0 Å². The summed E-state index contributed by atoms with van der Waals surface area (Å²) in [6.45, 7) is 9.49. The molecule has 7 nitrogen and oxygen atoms in total. The Morgan fingerprint density at radius 2 is 1.71 bits per heavy atom. The second-order valence-corrected chi connectivity index (χ2v) is 10.2. The van der Waals surface area contributed by atoms with Gasteiger partial charge in [0.15, 0.2) is 0 Å². The Hall–Kier alpha value is -2.22. The minimum atomic E-state index is -0.918. The number of amides is 3. The number of carbonyl (C=O) groups is 3. The zero-order valence-corrected chi connectivity index (χ0v) is 22.1. The highest BCUT2D eigenvalue weighted by molar-refractivity contribution is 7.80. The van der Waals surface area contributed by atoms with Crippen LogP contribution in [-0.2, 0) is 20.7 Å². The van der Waals surface area contributed by atoms with Gasteiger partial charge in [-0.3, -0.25) is 9.59 Å². The van der Waals surface area contributed by atoms with Crippen LogP contribution >= 0.6 is 12.6 Å². The lowest BCUT2D eigenvalue weighted by molar-refractivity contribution is -0.142. The van der Waals surface area contributed by atoms with Crippen LogP contribution in [0.4, 0.5) is 4.79 Å². The van der Waals surface area contributed by atoms with Gasteiger partial charge in [0, 0.05) is 18.3 Å². The maximum Gasteiger partial charge on any atom is 0.408 e. The van der Waals surface area contributed by atoms with Crippen LogP contribution in [0.25, 0.3) is 0 Å². The average Bonchev–Trinajstić information content (AvgIpc) is 2.80. The summed E-state index contributed by atoms with van der Waals surface area (Å²) < 4.78 is 5.32. The largest absolute Gasteiger partial charge is 0.444 e. The Morgan fingerprint density at radius 1 is 1.09 bits per heavy atom. The fourth-order valence-corrected chi connectivity index (χ4v) is 4.48. The first kappa shape index (κ1) is 28.0. The number of alkyl carbamates (subject to hydrolysis) is 1. The van der Waals surface area contributed by atoms with Crippen molar-refractivity contribution in [2.24, 2.45) is 0 Å². The molecule has 34 heavy (non-hydrogen) atoms. The Bertz CT molecular complexity index is 816. The highest BCUT2D eigenvalue weighted by Crippen LogP contribution is 2.25. The van der Waals surface area contributed by atoms with E-state index < -0.39 is 23.8 Å². The van der Waals surface area contributed by atoms with Gasteiger partial charge in [0.1, 0.15) is 17.7 Å². The predicted molar refractivity (Wildman–Crippen MR) is 138 cm³/mol. The van der Waals surface area contributed by atoms with Crippen molar-refractivity contribution in [3.8, 4) is 0 Å². The molecule has 1 aliphatic carbocycles. The van der Waals surface area contributed by atoms with Crippen molar-refractivity contribution in [2.75, 3.05) is 12.3 Å². The zero-order chi connectivity index (χ0) is 25.3. The van der Waals surface area contributed by atoms with E-state index in [2.05, 4.69) is 30.2 Å². The SMILES string of the molecule is CCc1ccc(C(C(=O)NC2CCCCC2)N(CC)C(=O)C(CS)NC(=O)OC(C)(C)C)cc1. The van der Waals surface area contributed by atoms with Crippen LogP contribution in [0.1, 0.15) is 83.9 Å². The molecule has 0 aromatic heterocycles. The second-order valence-electron chi connectivity index (χ2n) is 9.85. The highest BCUT2D eigenvalue weighted by Gasteiger charge is 2.35. The van der Waals surface area contributed by atoms with Crippen molar-refractivity contribution >= 4 is 30.5 Å². The quantitative estimate of drug-likeness (QED) is 0.447. The third kappa shape index (κ3) is 8.22. The van der Waals surface area contributed by atoms with Crippen molar-refractivity contribution in [1.29, 1.82) is 0 Å². The molecule has 0 aliphatic heterocycles. The Labute approximate surface area is 209 Å². The molecule has 2 unspecified atom stereocenters.